The third-order valence-electron chi connectivity index (χ3n) is 6.28. The zero-order valence-corrected chi connectivity index (χ0v) is 21.4. The van der Waals surface area contributed by atoms with Crippen molar-refractivity contribution in [3.05, 3.63) is 40.3 Å². The minimum absolute atomic E-state index is 0.163. The van der Waals surface area contributed by atoms with Crippen LogP contribution in [0.25, 0.3) is 11.0 Å². The molecule has 174 valence electrons. The van der Waals surface area contributed by atoms with Crippen LogP contribution in [-0.2, 0) is 4.43 Å². The molecule has 2 aromatic heterocycles. The number of likely N-dealkylation sites (tertiary alicyclic amines) is 1. The van der Waals surface area contributed by atoms with E-state index in [2.05, 4.69) is 56.5 Å². The summed E-state index contributed by atoms with van der Waals surface area (Å²) < 4.78 is 8.52. The first-order valence-electron chi connectivity index (χ1n) is 10.9. The van der Waals surface area contributed by atoms with Gasteiger partial charge in [-0.05, 0) is 32.4 Å². The number of methoxy groups -OCH3 is 1. The monoisotopic (exact) mass is 561 g/mol. The molecule has 1 aliphatic heterocycles. The fourth-order valence-corrected chi connectivity index (χ4v) is 5.38. The van der Waals surface area contributed by atoms with Crippen LogP contribution in [0.15, 0.2) is 12.4 Å². The lowest BCUT2D eigenvalue weighted by Gasteiger charge is -2.41. The van der Waals surface area contributed by atoms with E-state index in [1.807, 2.05) is 11.6 Å². The lowest BCUT2D eigenvalue weighted by Crippen LogP contribution is -2.48. The number of aromatic nitrogens is 4. The molecule has 3 aromatic rings. The number of ether oxygens (including phenoxy) is 1. The molecule has 3 heterocycles. The first-order valence-corrected chi connectivity index (χ1v) is 12.4. The molecule has 0 aliphatic carbocycles. The van der Waals surface area contributed by atoms with Crippen molar-refractivity contribution >= 4 is 39.4 Å². The Kier molecular flexibility index (Phi) is 6.74. The summed E-state index contributed by atoms with van der Waals surface area (Å²) in [6, 6.07) is 4.28. The summed E-state index contributed by atoms with van der Waals surface area (Å²) in [6.45, 7) is 7.92. The van der Waals surface area contributed by atoms with Crippen molar-refractivity contribution in [1.29, 1.82) is 5.26 Å². The van der Waals surface area contributed by atoms with Gasteiger partial charge in [-0.2, -0.15) is 10.4 Å². The highest BCUT2D eigenvalue weighted by molar-refractivity contribution is 14.1. The molecule has 1 aliphatic rings. The minimum Gasteiger partial charge on any atom is -0.496 e. The fourth-order valence-electron chi connectivity index (χ4n) is 4.78. The van der Waals surface area contributed by atoms with Crippen molar-refractivity contribution < 1.29 is 9.84 Å². The highest BCUT2D eigenvalue weighted by Gasteiger charge is 2.35. The highest BCUT2D eigenvalue weighted by atomic mass is 127. The molecule has 0 spiro atoms. The Balaban J connectivity index is 1.84. The molecule has 0 radical (unpaired) electrons. The second kappa shape index (κ2) is 9.40. The van der Waals surface area contributed by atoms with Gasteiger partial charge in [0, 0.05) is 41.1 Å². The Morgan fingerprint density at radius 1 is 1.36 bits per heavy atom. The standard InChI is InChI=1S/C23H28IN7O2/c1-12(32)8-30-9-16(10-30)20-18(7-25)15(6-24)5-17(21(20)33-4)14(3)31-23-19(13(2)29-31)22(26)27-11-28-23/h5,11-12,14,16,32H,6,8-10H2,1-4H3,(H2,26,27,28)/t12-,14+/m0/s1. The SMILES string of the molecule is COc1c([C@@H](C)n2nc(C)c3c(N)ncnc32)cc(CI)c(C#N)c1C1CN(C[C@H](C)O)C1. The lowest BCUT2D eigenvalue weighted by molar-refractivity contribution is 0.0733. The van der Waals surface area contributed by atoms with Gasteiger partial charge in [-0.25, -0.2) is 14.6 Å². The average Bonchev–Trinajstić information content (AvgIpc) is 3.11. The largest absolute Gasteiger partial charge is 0.496 e. The molecule has 3 N–H and O–H groups in total. The van der Waals surface area contributed by atoms with Crippen LogP contribution in [0, 0.1) is 18.3 Å². The van der Waals surface area contributed by atoms with Gasteiger partial charge in [-0.3, -0.25) is 4.90 Å². The number of nitrogen functional groups attached to an aromatic ring is 1. The number of aliphatic hydroxyl groups is 1. The zero-order valence-electron chi connectivity index (χ0n) is 19.2. The van der Waals surface area contributed by atoms with Crippen molar-refractivity contribution in [2.45, 2.75) is 43.3 Å². The molecule has 0 amide bonds. The first kappa shape index (κ1) is 23.7. The number of nitrogens with zero attached hydrogens (tertiary/aromatic N) is 6. The number of hydrogen-bond donors (Lipinski definition) is 2. The van der Waals surface area contributed by atoms with Crippen molar-refractivity contribution in [2.24, 2.45) is 0 Å². The number of rotatable bonds is 7. The Bertz CT molecular complexity index is 1230. The van der Waals surface area contributed by atoms with Gasteiger partial charge in [-0.1, -0.05) is 22.6 Å². The zero-order chi connectivity index (χ0) is 23.9. The summed E-state index contributed by atoms with van der Waals surface area (Å²) in [6.07, 6.45) is 1.07. The number of alkyl halides is 1. The number of nitriles is 1. The molecule has 0 saturated carbocycles. The molecular weight excluding hydrogens is 533 g/mol. The molecule has 2 atom stereocenters. The number of hydrogen-bond acceptors (Lipinski definition) is 8. The van der Waals surface area contributed by atoms with E-state index in [4.69, 9.17) is 15.6 Å². The Morgan fingerprint density at radius 2 is 2.09 bits per heavy atom. The van der Waals surface area contributed by atoms with Gasteiger partial charge < -0.3 is 15.6 Å². The predicted molar refractivity (Wildman–Crippen MR) is 135 cm³/mol. The molecule has 1 saturated heterocycles. The first-order chi connectivity index (χ1) is 15.8. The van der Waals surface area contributed by atoms with E-state index < -0.39 is 0 Å². The van der Waals surface area contributed by atoms with E-state index in [-0.39, 0.29) is 18.1 Å². The number of fused-ring (bicyclic) bond motifs is 1. The predicted octanol–water partition coefficient (Wildman–Crippen LogP) is 2.92. The summed E-state index contributed by atoms with van der Waals surface area (Å²) >= 11 is 2.30. The molecule has 33 heavy (non-hydrogen) atoms. The highest BCUT2D eigenvalue weighted by Crippen LogP contribution is 2.43. The van der Waals surface area contributed by atoms with Crippen LogP contribution in [0.5, 0.6) is 5.75 Å². The van der Waals surface area contributed by atoms with Gasteiger partial charge in [0.25, 0.3) is 0 Å². The van der Waals surface area contributed by atoms with Gasteiger partial charge in [0.05, 0.1) is 42.0 Å². The average molecular weight is 561 g/mol. The van der Waals surface area contributed by atoms with E-state index in [9.17, 15) is 10.4 Å². The normalized spacial score (nSPS) is 16.4. The van der Waals surface area contributed by atoms with Gasteiger partial charge in [0.1, 0.15) is 17.9 Å². The second-order valence-corrected chi connectivity index (χ2v) is 9.38. The number of halogens is 1. The van der Waals surface area contributed by atoms with Crippen LogP contribution in [-0.4, -0.2) is 62.6 Å². The van der Waals surface area contributed by atoms with Crippen LogP contribution < -0.4 is 10.5 Å². The Morgan fingerprint density at radius 3 is 2.70 bits per heavy atom. The molecule has 10 heteroatoms. The Hall–Kier alpha value is -2.49. The molecule has 1 aromatic carbocycles. The second-order valence-electron chi connectivity index (χ2n) is 8.62. The number of nitrogens with two attached hydrogens (primary N) is 1. The summed E-state index contributed by atoms with van der Waals surface area (Å²) in [7, 11) is 1.65. The van der Waals surface area contributed by atoms with Gasteiger partial charge in [0.15, 0.2) is 5.65 Å². The van der Waals surface area contributed by atoms with Crippen LogP contribution in [0.2, 0.25) is 0 Å². The van der Waals surface area contributed by atoms with Crippen molar-refractivity contribution in [1.82, 2.24) is 24.6 Å². The van der Waals surface area contributed by atoms with Crippen molar-refractivity contribution in [3.8, 4) is 11.8 Å². The van der Waals surface area contributed by atoms with Crippen LogP contribution in [0.1, 0.15) is 53.8 Å². The minimum atomic E-state index is -0.384. The van der Waals surface area contributed by atoms with Crippen LogP contribution >= 0.6 is 22.6 Å². The lowest BCUT2D eigenvalue weighted by atomic mass is 9.83. The van der Waals surface area contributed by atoms with E-state index in [0.29, 0.717) is 28.0 Å². The number of benzene rings is 1. The van der Waals surface area contributed by atoms with Crippen LogP contribution in [0.4, 0.5) is 5.82 Å². The number of β-amino-alcohol motifs (C(OH)–C–C–N with tert-alkyl or cyclic N) is 1. The third-order valence-corrected chi connectivity index (χ3v) is 7.11. The quantitative estimate of drug-likeness (QED) is 0.333. The van der Waals surface area contributed by atoms with Gasteiger partial charge in [-0.15, -0.1) is 0 Å². The molecule has 1 fully saturated rings. The van der Waals surface area contributed by atoms with E-state index >= 15 is 0 Å². The molecular formula is C23H28IN7O2. The maximum atomic E-state index is 10.0. The maximum absolute atomic E-state index is 10.0. The van der Waals surface area contributed by atoms with E-state index in [1.54, 1.807) is 14.0 Å². The molecule has 4 rings (SSSR count). The summed E-state index contributed by atoms with van der Waals surface area (Å²) in [5.41, 5.74) is 11.1. The molecule has 9 nitrogen and oxygen atoms in total. The number of aliphatic hydroxyl groups excluding tert-OH is 1. The van der Waals surface area contributed by atoms with Crippen molar-refractivity contribution in [3.63, 3.8) is 0 Å². The molecule has 0 unspecified atom stereocenters. The van der Waals surface area contributed by atoms with Crippen LogP contribution in [0.3, 0.4) is 0 Å². The fraction of sp³-hybridized carbons (Fsp3) is 0.478. The number of aryl methyl sites for hydroxylation is 1. The Labute approximate surface area is 206 Å². The van der Waals surface area contributed by atoms with Gasteiger partial charge in [0.2, 0.25) is 0 Å². The van der Waals surface area contributed by atoms with E-state index in [0.717, 1.165) is 46.6 Å². The molecule has 0 bridgehead atoms. The van der Waals surface area contributed by atoms with Gasteiger partial charge >= 0.3 is 0 Å². The van der Waals surface area contributed by atoms with Crippen molar-refractivity contribution in [2.75, 3.05) is 32.5 Å². The summed E-state index contributed by atoms with van der Waals surface area (Å²) in [5.74, 6) is 1.29. The third kappa shape index (κ3) is 4.13. The maximum Gasteiger partial charge on any atom is 0.164 e. The summed E-state index contributed by atoms with van der Waals surface area (Å²) in [4.78, 5) is 10.8. The topological polar surface area (TPSA) is 126 Å². The smallest absolute Gasteiger partial charge is 0.164 e. The number of anilines is 1. The summed E-state index contributed by atoms with van der Waals surface area (Å²) in [5, 5.41) is 25.3. The van der Waals surface area contributed by atoms with E-state index in [1.165, 1.54) is 6.33 Å².